The first-order chi connectivity index (χ1) is 14.9. The maximum absolute atomic E-state index is 12.9. The number of Topliss-reactive ketones (excluding diaryl/α,β-unsaturated/α-hetero) is 1. The Bertz CT molecular complexity index is 1040. The van der Waals surface area contributed by atoms with Crippen LogP contribution in [-0.4, -0.2) is 47.9 Å². The quantitative estimate of drug-likeness (QED) is 0.384. The molecule has 0 saturated heterocycles. The van der Waals surface area contributed by atoms with Crippen LogP contribution in [0.1, 0.15) is 51.3 Å². The lowest BCUT2D eigenvalue weighted by atomic mass is 9.97. The van der Waals surface area contributed by atoms with Gasteiger partial charge in [-0.15, -0.1) is 0 Å². The number of nitrogens with zero attached hydrogens (tertiary/aromatic N) is 1. The maximum Gasteiger partial charge on any atom is 0.330 e. The fourth-order valence-corrected chi connectivity index (χ4v) is 3.65. The third-order valence-electron chi connectivity index (χ3n) is 5.57. The highest BCUT2D eigenvalue weighted by Gasteiger charge is 2.45. The number of imide groups is 1. The number of amides is 2. The minimum Gasteiger partial charge on any atom is -0.456 e. The molecule has 0 spiro atoms. The van der Waals surface area contributed by atoms with Crippen LogP contribution in [0.4, 0.5) is 0 Å². The Morgan fingerprint density at radius 2 is 1.68 bits per heavy atom. The fraction of sp³-hybridized carbons (Fsp3) is 0.304. The summed E-state index contributed by atoms with van der Waals surface area (Å²) in [5, 5.41) is 0. The van der Waals surface area contributed by atoms with Gasteiger partial charge >= 0.3 is 5.97 Å². The third kappa shape index (κ3) is 3.65. The Hall–Kier alpha value is -3.68. The van der Waals surface area contributed by atoms with Gasteiger partial charge in [0.2, 0.25) is 6.79 Å². The van der Waals surface area contributed by atoms with Crippen LogP contribution in [0.3, 0.4) is 0 Å². The van der Waals surface area contributed by atoms with E-state index in [0.717, 1.165) is 4.90 Å². The number of carbonyl (C=O) groups is 4. The molecule has 0 fully saturated rings. The summed E-state index contributed by atoms with van der Waals surface area (Å²) in [6, 6.07) is 9.99. The van der Waals surface area contributed by atoms with E-state index in [1.165, 1.54) is 6.07 Å². The highest BCUT2D eigenvalue weighted by Crippen LogP contribution is 2.33. The molecule has 2 aliphatic rings. The number of benzene rings is 2. The molecule has 0 saturated carbocycles. The summed E-state index contributed by atoms with van der Waals surface area (Å²) in [7, 11) is 0. The Balaban J connectivity index is 1.50. The van der Waals surface area contributed by atoms with E-state index in [-0.39, 0.29) is 23.8 Å². The van der Waals surface area contributed by atoms with Crippen molar-refractivity contribution in [1.29, 1.82) is 0 Å². The molecule has 0 N–H and O–H groups in total. The van der Waals surface area contributed by atoms with Crippen LogP contribution in [0.25, 0.3) is 0 Å². The van der Waals surface area contributed by atoms with Gasteiger partial charge in [-0.2, -0.15) is 0 Å². The second-order valence-corrected chi connectivity index (χ2v) is 7.46. The Kier molecular flexibility index (Phi) is 5.46. The summed E-state index contributed by atoms with van der Waals surface area (Å²) >= 11 is 0. The molecule has 8 nitrogen and oxygen atoms in total. The molecule has 2 atom stereocenters. The number of ketones is 1. The number of rotatable bonds is 7. The molecular formula is C23H21NO7. The number of hydrogen-bond donors (Lipinski definition) is 0. The van der Waals surface area contributed by atoms with Gasteiger partial charge in [0.25, 0.3) is 11.8 Å². The number of fused-ring (bicyclic) bond motifs is 2. The molecule has 8 heteroatoms. The molecule has 2 aliphatic heterocycles. The molecule has 160 valence electrons. The van der Waals surface area contributed by atoms with Gasteiger partial charge in [0.15, 0.2) is 23.9 Å². The van der Waals surface area contributed by atoms with Gasteiger partial charge in [0, 0.05) is 5.56 Å². The number of ether oxygens (including phenoxy) is 3. The van der Waals surface area contributed by atoms with Gasteiger partial charge in [-0.1, -0.05) is 32.4 Å². The van der Waals surface area contributed by atoms with Gasteiger partial charge in [0.05, 0.1) is 11.1 Å². The summed E-state index contributed by atoms with van der Waals surface area (Å²) in [6.07, 6.45) is 0.531. The van der Waals surface area contributed by atoms with Gasteiger partial charge in [-0.3, -0.25) is 19.3 Å². The van der Waals surface area contributed by atoms with Crippen molar-refractivity contribution in [1.82, 2.24) is 4.90 Å². The molecule has 2 amide bonds. The maximum atomic E-state index is 12.9. The van der Waals surface area contributed by atoms with E-state index in [0.29, 0.717) is 23.5 Å². The average molecular weight is 423 g/mol. The minimum absolute atomic E-state index is 0.0822. The molecule has 0 aromatic heterocycles. The topological polar surface area (TPSA) is 99.2 Å². The lowest BCUT2D eigenvalue weighted by Gasteiger charge is -2.28. The van der Waals surface area contributed by atoms with Crippen molar-refractivity contribution in [2.24, 2.45) is 5.92 Å². The number of carbonyl (C=O) groups excluding carboxylic acids is 4. The second kappa shape index (κ2) is 8.22. The lowest BCUT2D eigenvalue weighted by molar-refractivity contribution is -0.149. The van der Waals surface area contributed by atoms with Crippen molar-refractivity contribution >= 4 is 23.6 Å². The zero-order chi connectivity index (χ0) is 22.1. The van der Waals surface area contributed by atoms with Gasteiger partial charge in [0.1, 0.15) is 6.04 Å². The van der Waals surface area contributed by atoms with Crippen LogP contribution in [-0.2, 0) is 9.53 Å². The zero-order valence-electron chi connectivity index (χ0n) is 17.1. The van der Waals surface area contributed by atoms with Crippen molar-refractivity contribution in [2.75, 3.05) is 13.4 Å². The summed E-state index contributed by atoms with van der Waals surface area (Å²) in [6.45, 7) is 3.17. The first kappa shape index (κ1) is 20.6. The van der Waals surface area contributed by atoms with Gasteiger partial charge < -0.3 is 14.2 Å². The first-order valence-corrected chi connectivity index (χ1v) is 9.98. The van der Waals surface area contributed by atoms with E-state index < -0.39 is 36.2 Å². The summed E-state index contributed by atoms with van der Waals surface area (Å²) in [5.41, 5.74) is 0.813. The molecule has 31 heavy (non-hydrogen) atoms. The average Bonchev–Trinajstić information content (AvgIpc) is 3.35. The normalized spacial score (nSPS) is 16.1. The summed E-state index contributed by atoms with van der Waals surface area (Å²) < 4.78 is 15.7. The predicted octanol–water partition coefficient (Wildman–Crippen LogP) is 2.85. The van der Waals surface area contributed by atoms with Crippen molar-refractivity contribution in [3.8, 4) is 11.5 Å². The molecule has 4 rings (SSSR count). The van der Waals surface area contributed by atoms with Crippen LogP contribution >= 0.6 is 0 Å². The molecule has 2 aromatic carbocycles. The summed E-state index contributed by atoms with van der Waals surface area (Å²) in [4.78, 5) is 52.1. The third-order valence-corrected chi connectivity index (χ3v) is 5.57. The van der Waals surface area contributed by atoms with Crippen molar-refractivity contribution in [3.05, 3.63) is 59.2 Å². The van der Waals surface area contributed by atoms with Gasteiger partial charge in [-0.05, 0) is 36.2 Å². The fourth-order valence-electron chi connectivity index (χ4n) is 3.65. The Labute approximate surface area is 178 Å². The summed E-state index contributed by atoms with van der Waals surface area (Å²) in [5.74, 6) is -1.67. The van der Waals surface area contributed by atoms with Crippen LogP contribution in [0, 0.1) is 5.92 Å². The minimum atomic E-state index is -1.12. The molecule has 0 aliphatic carbocycles. The standard InChI is InChI=1S/C23H21NO7/c1-3-13(2)20(24-21(26)15-6-4-5-7-16(15)22(24)27)23(28)29-11-17(25)14-8-9-18-19(10-14)31-12-30-18/h4-10,13,20H,3,11-12H2,1-2H3/t13-,20-/m0/s1. The van der Waals surface area contributed by atoms with E-state index in [1.54, 1.807) is 43.3 Å². The largest absolute Gasteiger partial charge is 0.456 e. The van der Waals surface area contributed by atoms with Gasteiger partial charge in [-0.25, -0.2) is 4.79 Å². The van der Waals surface area contributed by atoms with Crippen molar-refractivity contribution in [2.45, 2.75) is 26.3 Å². The van der Waals surface area contributed by atoms with E-state index >= 15 is 0 Å². The number of esters is 1. The molecule has 2 aromatic rings. The van der Waals surface area contributed by atoms with E-state index in [4.69, 9.17) is 14.2 Å². The van der Waals surface area contributed by atoms with E-state index in [9.17, 15) is 19.2 Å². The highest BCUT2D eigenvalue weighted by atomic mass is 16.7. The predicted molar refractivity (Wildman–Crippen MR) is 108 cm³/mol. The van der Waals surface area contributed by atoms with Crippen LogP contribution in [0.15, 0.2) is 42.5 Å². The SMILES string of the molecule is CC[C@H](C)[C@@H](C(=O)OCC(=O)c1ccc2c(c1)OCO2)N1C(=O)c2ccccc2C1=O. The van der Waals surface area contributed by atoms with Crippen molar-refractivity contribution < 1.29 is 33.4 Å². The number of hydrogen-bond acceptors (Lipinski definition) is 7. The highest BCUT2D eigenvalue weighted by molar-refractivity contribution is 6.22. The zero-order valence-corrected chi connectivity index (χ0v) is 17.1. The van der Waals surface area contributed by atoms with Crippen molar-refractivity contribution in [3.63, 3.8) is 0 Å². The smallest absolute Gasteiger partial charge is 0.330 e. The molecule has 0 unspecified atom stereocenters. The van der Waals surface area contributed by atoms with Crippen LogP contribution < -0.4 is 9.47 Å². The molecular weight excluding hydrogens is 402 g/mol. The first-order valence-electron chi connectivity index (χ1n) is 9.98. The molecule has 0 radical (unpaired) electrons. The van der Waals surface area contributed by atoms with Crippen LogP contribution in [0.2, 0.25) is 0 Å². The lowest BCUT2D eigenvalue weighted by Crippen LogP contribution is -2.49. The van der Waals surface area contributed by atoms with E-state index in [1.807, 2.05) is 6.92 Å². The second-order valence-electron chi connectivity index (χ2n) is 7.46. The Morgan fingerprint density at radius 3 is 2.32 bits per heavy atom. The monoisotopic (exact) mass is 423 g/mol. The van der Waals surface area contributed by atoms with E-state index in [2.05, 4.69) is 0 Å². The molecule has 2 heterocycles. The molecule has 0 bridgehead atoms. The Morgan fingerprint density at radius 1 is 1.03 bits per heavy atom. The van der Waals surface area contributed by atoms with Crippen LogP contribution in [0.5, 0.6) is 11.5 Å².